The molecule has 132 valence electrons. The van der Waals surface area contributed by atoms with Crippen LogP contribution in [0.2, 0.25) is 0 Å². The first kappa shape index (κ1) is 17.5. The van der Waals surface area contributed by atoms with Crippen LogP contribution in [-0.4, -0.2) is 5.78 Å². The van der Waals surface area contributed by atoms with Crippen LogP contribution >= 0.6 is 0 Å². The van der Waals surface area contributed by atoms with Crippen LogP contribution in [0.25, 0.3) is 11.1 Å². The number of halogens is 6. The van der Waals surface area contributed by atoms with Gasteiger partial charge in [0.1, 0.15) is 0 Å². The second-order valence-electron chi connectivity index (χ2n) is 6.07. The van der Waals surface area contributed by atoms with Crippen molar-refractivity contribution in [1.82, 2.24) is 0 Å². The highest BCUT2D eigenvalue weighted by Gasteiger charge is 2.39. The molecule has 2 aromatic carbocycles. The van der Waals surface area contributed by atoms with Gasteiger partial charge in [0.05, 0.1) is 11.1 Å². The normalized spacial score (nSPS) is 17.7. The molecule has 1 unspecified atom stereocenters. The Kier molecular flexibility index (Phi) is 3.93. The van der Waals surface area contributed by atoms with Crippen LogP contribution in [0.3, 0.4) is 0 Å². The molecule has 0 saturated carbocycles. The molecule has 0 heterocycles. The smallest absolute Gasteiger partial charge is 0.294 e. The lowest BCUT2D eigenvalue weighted by Crippen LogP contribution is -2.13. The Morgan fingerprint density at radius 2 is 1.60 bits per heavy atom. The molecular formula is C18H12F6O. The van der Waals surface area contributed by atoms with Gasteiger partial charge in [-0.3, -0.25) is 4.79 Å². The van der Waals surface area contributed by atoms with E-state index in [9.17, 15) is 31.1 Å². The van der Waals surface area contributed by atoms with E-state index in [-0.39, 0.29) is 28.9 Å². The number of Topliss-reactive ketones (excluding diaryl/α,β-unsaturated/α-hetero) is 1. The van der Waals surface area contributed by atoms with E-state index in [0.29, 0.717) is 18.1 Å². The third-order valence-electron chi connectivity index (χ3n) is 4.31. The van der Waals surface area contributed by atoms with Gasteiger partial charge in [0.2, 0.25) is 0 Å². The molecule has 0 radical (unpaired) electrons. The van der Waals surface area contributed by atoms with Gasteiger partial charge in [-0.15, -0.1) is 0 Å². The standard InChI is InChI=1S/C18H12F6O/c1-9-7-10-3-2-4-13(15(10)16(9)25)12-6-5-11(17(19,20)21)8-14(12)18(22,23)24/h2-6,8-9H,7H2,1H3. The molecule has 0 N–H and O–H groups in total. The fraction of sp³-hybridized carbons (Fsp3) is 0.278. The number of carbonyl (C=O) groups excluding carboxylic acids is 1. The van der Waals surface area contributed by atoms with E-state index in [1.54, 1.807) is 13.0 Å². The number of carbonyl (C=O) groups is 1. The summed E-state index contributed by atoms with van der Waals surface area (Å²) in [5.41, 5.74) is -2.39. The number of ketones is 1. The van der Waals surface area contributed by atoms with Crippen molar-refractivity contribution < 1.29 is 31.1 Å². The van der Waals surface area contributed by atoms with E-state index < -0.39 is 29.0 Å². The maximum atomic E-state index is 13.4. The predicted octanol–water partition coefficient (Wildman–Crippen LogP) is 5.77. The highest BCUT2D eigenvalue weighted by atomic mass is 19.4. The number of hydrogen-bond donors (Lipinski definition) is 0. The van der Waals surface area contributed by atoms with E-state index in [4.69, 9.17) is 0 Å². The van der Waals surface area contributed by atoms with Crippen LogP contribution in [0.1, 0.15) is 34.0 Å². The first-order valence-electron chi connectivity index (χ1n) is 7.45. The lowest BCUT2D eigenvalue weighted by molar-refractivity contribution is -0.142. The molecule has 0 fully saturated rings. The summed E-state index contributed by atoms with van der Waals surface area (Å²) in [4.78, 5) is 12.3. The van der Waals surface area contributed by atoms with E-state index in [1.165, 1.54) is 12.1 Å². The molecule has 0 spiro atoms. The van der Waals surface area contributed by atoms with E-state index in [0.717, 1.165) is 6.07 Å². The Morgan fingerprint density at radius 3 is 2.20 bits per heavy atom. The molecule has 1 atom stereocenters. The molecule has 0 bridgehead atoms. The van der Waals surface area contributed by atoms with E-state index in [1.807, 2.05) is 0 Å². The third kappa shape index (κ3) is 3.03. The Labute approximate surface area is 139 Å². The Morgan fingerprint density at radius 1 is 0.920 bits per heavy atom. The quantitative estimate of drug-likeness (QED) is 0.592. The van der Waals surface area contributed by atoms with Gasteiger partial charge in [0, 0.05) is 11.5 Å². The maximum Gasteiger partial charge on any atom is 0.417 e. The average molecular weight is 358 g/mol. The van der Waals surface area contributed by atoms with Crippen LogP contribution in [0.4, 0.5) is 26.3 Å². The van der Waals surface area contributed by atoms with Gasteiger partial charge in [-0.25, -0.2) is 0 Å². The summed E-state index contributed by atoms with van der Waals surface area (Å²) in [6, 6.07) is 5.99. The first-order valence-corrected chi connectivity index (χ1v) is 7.45. The summed E-state index contributed by atoms with van der Waals surface area (Å²) < 4.78 is 78.5. The second kappa shape index (κ2) is 5.61. The lowest BCUT2D eigenvalue weighted by atomic mass is 9.91. The topological polar surface area (TPSA) is 17.1 Å². The minimum Gasteiger partial charge on any atom is -0.294 e. The van der Waals surface area contributed by atoms with Crippen molar-refractivity contribution in [3.63, 3.8) is 0 Å². The summed E-state index contributed by atoms with van der Waals surface area (Å²) in [5, 5.41) is 0. The summed E-state index contributed by atoms with van der Waals surface area (Å²) in [6.07, 6.45) is -9.46. The molecule has 0 saturated heterocycles. The van der Waals surface area contributed by atoms with Crippen molar-refractivity contribution in [2.75, 3.05) is 0 Å². The summed E-state index contributed by atoms with van der Waals surface area (Å²) in [5.74, 6) is -0.654. The molecule has 0 amide bonds. The zero-order valence-electron chi connectivity index (χ0n) is 12.9. The molecule has 0 aliphatic heterocycles. The number of hydrogen-bond acceptors (Lipinski definition) is 1. The third-order valence-corrected chi connectivity index (χ3v) is 4.31. The summed E-state index contributed by atoms with van der Waals surface area (Å²) in [6.45, 7) is 1.67. The van der Waals surface area contributed by atoms with Crippen LogP contribution < -0.4 is 0 Å². The fourth-order valence-electron chi connectivity index (χ4n) is 3.14. The van der Waals surface area contributed by atoms with E-state index in [2.05, 4.69) is 0 Å². The second-order valence-corrected chi connectivity index (χ2v) is 6.07. The highest BCUT2D eigenvalue weighted by Crippen LogP contribution is 2.43. The highest BCUT2D eigenvalue weighted by molar-refractivity contribution is 6.07. The molecule has 2 aromatic rings. The molecule has 0 aromatic heterocycles. The summed E-state index contributed by atoms with van der Waals surface area (Å²) >= 11 is 0. The molecule has 1 nitrogen and oxygen atoms in total. The van der Waals surface area contributed by atoms with Gasteiger partial charge in [-0.05, 0) is 35.2 Å². The zero-order valence-corrected chi connectivity index (χ0v) is 12.9. The Hall–Kier alpha value is -2.31. The van der Waals surface area contributed by atoms with Crippen LogP contribution in [0.15, 0.2) is 36.4 Å². The fourth-order valence-corrected chi connectivity index (χ4v) is 3.14. The van der Waals surface area contributed by atoms with Crippen LogP contribution in [0.5, 0.6) is 0 Å². The van der Waals surface area contributed by atoms with Crippen molar-refractivity contribution in [3.8, 4) is 11.1 Å². The average Bonchev–Trinajstić information content (AvgIpc) is 2.80. The first-order chi connectivity index (χ1) is 11.5. The van der Waals surface area contributed by atoms with Crippen molar-refractivity contribution in [2.24, 2.45) is 5.92 Å². The molecule has 7 heteroatoms. The zero-order chi connectivity index (χ0) is 18.6. The van der Waals surface area contributed by atoms with Gasteiger partial charge < -0.3 is 0 Å². The Bertz CT molecular complexity index is 848. The monoisotopic (exact) mass is 358 g/mol. The maximum absolute atomic E-state index is 13.4. The minimum absolute atomic E-state index is 0.0212. The molecule has 25 heavy (non-hydrogen) atoms. The molecule has 1 aliphatic carbocycles. The largest absolute Gasteiger partial charge is 0.417 e. The molecule has 1 aliphatic rings. The summed E-state index contributed by atoms with van der Waals surface area (Å²) in [7, 11) is 0. The number of rotatable bonds is 1. The Balaban J connectivity index is 2.27. The predicted molar refractivity (Wildman–Crippen MR) is 79.1 cm³/mol. The molecule has 3 rings (SSSR count). The molecular weight excluding hydrogens is 346 g/mol. The number of alkyl halides is 6. The van der Waals surface area contributed by atoms with Crippen molar-refractivity contribution >= 4 is 5.78 Å². The number of benzene rings is 2. The van der Waals surface area contributed by atoms with Crippen LogP contribution in [-0.2, 0) is 18.8 Å². The van der Waals surface area contributed by atoms with Crippen molar-refractivity contribution in [1.29, 1.82) is 0 Å². The van der Waals surface area contributed by atoms with Crippen molar-refractivity contribution in [3.05, 3.63) is 58.7 Å². The van der Waals surface area contributed by atoms with Gasteiger partial charge in [0.15, 0.2) is 5.78 Å². The van der Waals surface area contributed by atoms with Crippen LogP contribution in [0, 0.1) is 5.92 Å². The van der Waals surface area contributed by atoms with E-state index >= 15 is 0 Å². The lowest BCUT2D eigenvalue weighted by Gasteiger charge is -2.17. The van der Waals surface area contributed by atoms with Crippen molar-refractivity contribution in [2.45, 2.75) is 25.7 Å². The SMILES string of the molecule is CC1Cc2cccc(-c3ccc(C(F)(F)F)cc3C(F)(F)F)c2C1=O. The van der Waals surface area contributed by atoms with Gasteiger partial charge in [0.25, 0.3) is 0 Å². The van der Waals surface area contributed by atoms with Gasteiger partial charge in [-0.2, -0.15) is 26.3 Å². The minimum atomic E-state index is -4.98. The van der Waals surface area contributed by atoms with Gasteiger partial charge >= 0.3 is 12.4 Å². The van der Waals surface area contributed by atoms with Gasteiger partial charge in [-0.1, -0.05) is 31.2 Å². The number of fused-ring (bicyclic) bond motifs is 1.